The minimum absolute atomic E-state index is 0.567. The predicted octanol–water partition coefficient (Wildman–Crippen LogP) is 1.69. The Morgan fingerprint density at radius 3 is 3.10 bits per heavy atom. The summed E-state index contributed by atoms with van der Waals surface area (Å²) >= 11 is 0. The van der Waals surface area contributed by atoms with Crippen LogP contribution in [-0.2, 0) is 6.54 Å². The molecule has 2 N–H and O–H groups in total. The maximum Gasteiger partial charge on any atom is 0.119 e. The average molecular weight is 289 g/mol. The lowest BCUT2D eigenvalue weighted by Gasteiger charge is -2.42. The highest BCUT2D eigenvalue weighted by Gasteiger charge is 2.33. The predicted molar refractivity (Wildman–Crippen MR) is 85.5 cm³/mol. The standard InChI is InChI=1S/C17H27N3O/c1-14-12-20-7-3-5-16(20)13-19(14)8-9-21-17-6-2-4-15(10-17)11-18/h2,4,6,10,14,16H,3,5,7-9,11-13,18H2,1H3. The number of nitrogens with two attached hydrogens (primary N) is 1. The molecule has 0 aliphatic carbocycles. The van der Waals surface area contributed by atoms with E-state index in [0.29, 0.717) is 12.6 Å². The zero-order valence-corrected chi connectivity index (χ0v) is 13.0. The molecule has 2 fully saturated rings. The molecule has 2 aliphatic heterocycles. The third-order valence-electron chi connectivity index (χ3n) is 4.85. The Morgan fingerprint density at radius 1 is 1.33 bits per heavy atom. The van der Waals surface area contributed by atoms with Crippen molar-refractivity contribution in [1.29, 1.82) is 0 Å². The van der Waals surface area contributed by atoms with Crippen molar-refractivity contribution in [3.63, 3.8) is 0 Å². The van der Waals surface area contributed by atoms with Crippen LogP contribution in [0.4, 0.5) is 0 Å². The van der Waals surface area contributed by atoms with Crippen LogP contribution in [0, 0.1) is 0 Å². The molecule has 4 nitrogen and oxygen atoms in total. The van der Waals surface area contributed by atoms with Gasteiger partial charge in [0.1, 0.15) is 12.4 Å². The van der Waals surface area contributed by atoms with E-state index in [1.165, 1.54) is 32.5 Å². The molecule has 3 rings (SSSR count). The summed E-state index contributed by atoms with van der Waals surface area (Å²) in [6.07, 6.45) is 2.73. The van der Waals surface area contributed by atoms with Gasteiger partial charge in [-0.1, -0.05) is 12.1 Å². The maximum absolute atomic E-state index is 5.90. The van der Waals surface area contributed by atoms with Crippen LogP contribution in [0.5, 0.6) is 5.75 Å². The van der Waals surface area contributed by atoms with E-state index in [1.54, 1.807) is 0 Å². The molecule has 0 bridgehead atoms. The van der Waals surface area contributed by atoms with Crippen molar-refractivity contribution in [3.8, 4) is 5.75 Å². The van der Waals surface area contributed by atoms with Crippen LogP contribution in [0.1, 0.15) is 25.3 Å². The van der Waals surface area contributed by atoms with Crippen molar-refractivity contribution in [2.75, 3.05) is 32.8 Å². The number of ether oxygens (including phenoxy) is 1. The summed E-state index contributed by atoms with van der Waals surface area (Å²) in [5.74, 6) is 0.935. The Balaban J connectivity index is 1.48. The van der Waals surface area contributed by atoms with Crippen LogP contribution in [0.15, 0.2) is 24.3 Å². The van der Waals surface area contributed by atoms with Crippen molar-refractivity contribution in [2.24, 2.45) is 5.73 Å². The highest BCUT2D eigenvalue weighted by Crippen LogP contribution is 2.24. The molecule has 4 heteroatoms. The van der Waals surface area contributed by atoms with Gasteiger partial charge in [0, 0.05) is 38.3 Å². The Hall–Kier alpha value is -1.10. The number of hydrogen-bond acceptors (Lipinski definition) is 4. The zero-order valence-electron chi connectivity index (χ0n) is 13.0. The number of nitrogens with zero attached hydrogens (tertiary/aromatic N) is 2. The fraction of sp³-hybridized carbons (Fsp3) is 0.647. The van der Waals surface area contributed by atoms with Gasteiger partial charge in [0.15, 0.2) is 0 Å². The second-order valence-electron chi connectivity index (χ2n) is 6.33. The van der Waals surface area contributed by atoms with E-state index in [0.717, 1.165) is 30.5 Å². The first kappa shape index (κ1) is 14.8. The Bertz CT molecular complexity index is 465. The summed E-state index contributed by atoms with van der Waals surface area (Å²) in [5.41, 5.74) is 6.79. The normalized spacial score (nSPS) is 26.8. The second kappa shape index (κ2) is 6.77. The van der Waals surface area contributed by atoms with E-state index in [9.17, 15) is 0 Å². The van der Waals surface area contributed by atoms with Crippen LogP contribution < -0.4 is 10.5 Å². The first-order valence-electron chi connectivity index (χ1n) is 8.16. The molecule has 21 heavy (non-hydrogen) atoms. The number of fused-ring (bicyclic) bond motifs is 1. The van der Waals surface area contributed by atoms with E-state index >= 15 is 0 Å². The molecule has 1 aromatic carbocycles. The van der Waals surface area contributed by atoms with Gasteiger partial charge in [-0.3, -0.25) is 9.80 Å². The fourth-order valence-corrected chi connectivity index (χ4v) is 3.60. The topological polar surface area (TPSA) is 41.7 Å². The smallest absolute Gasteiger partial charge is 0.119 e. The van der Waals surface area contributed by atoms with Crippen LogP contribution in [-0.4, -0.2) is 54.7 Å². The monoisotopic (exact) mass is 289 g/mol. The highest BCUT2D eigenvalue weighted by molar-refractivity contribution is 5.28. The summed E-state index contributed by atoms with van der Waals surface area (Å²) in [7, 11) is 0. The number of rotatable bonds is 5. The Kier molecular flexibility index (Phi) is 4.78. The molecule has 0 spiro atoms. The van der Waals surface area contributed by atoms with Gasteiger partial charge in [-0.2, -0.15) is 0 Å². The third kappa shape index (κ3) is 3.57. The molecule has 0 amide bonds. The molecule has 1 aromatic rings. The summed E-state index contributed by atoms with van der Waals surface area (Å²) in [6, 6.07) is 9.52. The minimum Gasteiger partial charge on any atom is -0.492 e. The molecule has 0 aromatic heterocycles. The molecule has 0 saturated carbocycles. The van der Waals surface area contributed by atoms with Gasteiger partial charge in [-0.05, 0) is 44.0 Å². The van der Waals surface area contributed by atoms with E-state index in [2.05, 4.69) is 16.7 Å². The molecule has 2 saturated heterocycles. The lowest BCUT2D eigenvalue weighted by Crippen LogP contribution is -2.55. The number of benzene rings is 1. The molecular weight excluding hydrogens is 262 g/mol. The van der Waals surface area contributed by atoms with Gasteiger partial charge >= 0.3 is 0 Å². The van der Waals surface area contributed by atoms with E-state index in [-0.39, 0.29) is 0 Å². The van der Waals surface area contributed by atoms with E-state index in [4.69, 9.17) is 10.5 Å². The van der Waals surface area contributed by atoms with Crippen molar-refractivity contribution in [3.05, 3.63) is 29.8 Å². The summed E-state index contributed by atoms with van der Waals surface area (Å²) < 4.78 is 5.90. The first-order valence-corrected chi connectivity index (χ1v) is 8.16. The molecule has 2 aliphatic rings. The van der Waals surface area contributed by atoms with Gasteiger partial charge in [0.05, 0.1) is 0 Å². The molecule has 2 heterocycles. The van der Waals surface area contributed by atoms with Crippen molar-refractivity contribution < 1.29 is 4.74 Å². The fourth-order valence-electron chi connectivity index (χ4n) is 3.60. The van der Waals surface area contributed by atoms with Crippen LogP contribution in [0.3, 0.4) is 0 Å². The van der Waals surface area contributed by atoms with E-state index in [1.807, 2.05) is 24.3 Å². The van der Waals surface area contributed by atoms with Crippen LogP contribution >= 0.6 is 0 Å². The number of piperazine rings is 1. The molecule has 2 atom stereocenters. The Labute approximate surface area is 127 Å². The minimum atomic E-state index is 0.567. The molecule has 116 valence electrons. The highest BCUT2D eigenvalue weighted by atomic mass is 16.5. The van der Waals surface area contributed by atoms with Crippen molar-refractivity contribution >= 4 is 0 Å². The summed E-state index contributed by atoms with van der Waals surface area (Å²) in [5, 5.41) is 0. The van der Waals surface area contributed by atoms with E-state index < -0.39 is 0 Å². The molecular formula is C17H27N3O. The summed E-state index contributed by atoms with van der Waals surface area (Å²) in [4.78, 5) is 5.24. The van der Waals surface area contributed by atoms with Crippen LogP contribution in [0.25, 0.3) is 0 Å². The van der Waals surface area contributed by atoms with Gasteiger partial charge < -0.3 is 10.5 Å². The average Bonchev–Trinajstić information content (AvgIpc) is 2.94. The third-order valence-corrected chi connectivity index (χ3v) is 4.85. The lowest BCUT2D eigenvalue weighted by molar-refractivity contribution is 0.0500. The van der Waals surface area contributed by atoms with Crippen molar-refractivity contribution in [2.45, 2.75) is 38.4 Å². The SMILES string of the molecule is CC1CN2CCCC2CN1CCOc1cccc(CN)c1. The van der Waals surface area contributed by atoms with Crippen LogP contribution in [0.2, 0.25) is 0 Å². The first-order chi connectivity index (χ1) is 10.3. The van der Waals surface area contributed by atoms with Gasteiger partial charge in [-0.15, -0.1) is 0 Å². The Morgan fingerprint density at radius 2 is 2.24 bits per heavy atom. The van der Waals surface area contributed by atoms with Gasteiger partial charge in [-0.25, -0.2) is 0 Å². The quantitative estimate of drug-likeness (QED) is 0.896. The maximum atomic E-state index is 5.90. The van der Waals surface area contributed by atoms with Gasteiger partial charge in [0.2, 0.25) is 0 Å². The number of hydrogen-bond donors (Lipinski definition) is 1. The lowest BCUT2D eigenvalue weighted by atomic mass is 10.1. The van der Waals surface area contributed by atoms with Crippen molar-refractivity contribution in [1.82, 2.24) is 9.80 Å². The molecule has 2 unspecified atom stereocenters. The summed E-state index contributed by atoms with van der Waals surface area (Å²) in [6.45, 7) is 8.39. The zero-order chi connectivity index (χ0) is 14.7. The molecule has 0 radical (unpaired) electrons. The largest absolute Gasteiger partial charge is 0.492 e. The second-order valence-corrected chi connectivity index (χ2v) is 6.33. The van der Waals surface area contributed by atoms with Gasteiger partial charge in [0.25, 0.3) is 0 Å².